The number of carbonyl (C=O) groups excluding carboxylic acids is 2. The van der Waals surface area contributed by atoms with Crippen molar-refractivity contribution in [1.82, 2.24) is 0 Å². The standard InChI is InChI=1S/C12H19NO4/c1-6-11(13)7-12(11,8(14)16-5)9(15)17-10(2,3)4/h6H,1,7,13H2,2-5H3/t11-,12-/m1/s1. The summed E-state index contributed by atoms with van der Waals surface area (Å²) in [7, 11) is 1.22. The molecule has 1 fully saturated rings. The molecule has 0 aromatic heterocycles. The molecular formula is C12H19NO4. The molecule has 5 heteroatoms. The van der Waals surface area contributed by atoms with Gasteiger partial charge in [0.15, 0.2) is 5.41 Å². The number of carbonyl (C=O) groups is 2. The molecular weight excluding hydrogens is 222 g/mol. The van der Waals surface area contributed by atoms with Crippen molar-refractivity contribution in [3.05, 3.63) is 12.7 Å². The highest BCUT2D eigenvalue weighted by molar-refractivity contribution is 6.06. The maximum Gasteiger partial charge on any atom is 0.326 e. The minimum atomic E-state index is -1.43. The number of hydrogen-bond donors (Lipinski definition) is 1. The first-order valence-electron chi connectivity index (χ1n) is 5.37. The Morgan fingerprint density at radius 2 is 1.88 bits per heavy atom. The second-order valence-corrected chi connectivity index (χ2v) is 5.32. The molecule has 0 amide bonds. The van der Waals surface area contributed by atoms with Gasteiger partial charge in [0.1, 0.15) is 5.60 Å². The van der Waals surface area contributed by atoms with E-state index < -0.39 is 28.5 Å². The van der Waals surface area contributed by atoms with Crippen molar-refractivity contribution >= 4 is 11.9 Å². The Labute approximate surface area is 101 Å². The predicted molar refractivity (Wildman–Crippen MR) is 62.0 cm³/mol. The van der Waals surface area contributed by atoms with Gasteiger partial charge in [-0.3, -0.25) is 9.59 Å². The Morgan fingerprint density at radius 3 is 2.18 bits per heavy atom. The van der Waals surface area contributed by atoms with Gasteiger partial charge in [-0.2, -0.15) is 0 Å². The van der Waals surface area contributed by atoms with Crippen LogP contribution in [0, 0.1) is 5.41 Å². The Kier molecular flexibility index (Phi) is 3.09. The zero-order chi connectivity index (χ0) is 13.5. The minimum Gasteiger partial charge on any atom is -0.468 e. The summed E-state index contributed by atoms with van der Waals surface area (Å²) in [6, 6.07) is 0. The second-order valence-electron chi connectivity index (χ2n) is 5.32. The quantitative estimate of drug-likeness (QED) is 0.448. The van der Waals surface area contributed by atoms with Gasteiger partial charge in [-0.05, 0) is 27.2 Å². The van der Waals surface area contributed by atoms with E-state index in [-0.39, 0.29) is 6.42 Å². The number of methoxy groups -OCH3 is 1. The molecule has 1 aliphatic carbocycles. The molecule has 96 valence electrons. The van der Waals surface area contributed by atoms with Gasteiger partial charge in [-0.1, -0.05) is 6.08 Å². The van der Waals surface area contributed by atoms with Gasteiger partial charge in [0.2, 0.25) is 0 Å². The lowest BCUT2D eigenvalue weighted by Gasteiger charge is -2.24. The zero-order valence-corrected chi connectivity index (χ0v) is 10.7. The van der Waals surface area contributed by atoms with Crippen molar-refractivity contribution in [1.29, 1.82) is 0 Å². The van der Waals surface area contributed by atoms with Gasteiger partial charge in [0.05, 0.1) is 12.6 Å². The molecule has 2 atom stereocenters. The summed E-state index contributed by atoms with van der Waals surface area (Å²) in [5, 5.41) is 0. The van der Waals surface area contributed by atoms with Crippen LogP contribution in [0.1, 0.15) is 27.2 Å². The summed E-state index contributed by atoms with van der Waals surface area (Å²) in [4.78, 5) is 23.8. The first-order chi connectivity index (χ1) is 7.63. The predicted octanol–water partition coefficient (Wildman–Crippen LogP) is 0.775. The lowest BCUT2D eigenvalue weighted by molar-refractivity contribution is -0.171. The van der Waals surface area contributed by atoms with E-state index in [0.29, 0.717) is 0 Å². The van der Waals surface area contributed by atoms with E-state index in [1.807, 2.05) is 0 Å². The van der Waals surface area contributed by atoms with Gasteiger partial charge in [-0.25, -0.2) is 0 Å². The molecule has 1 saturated carbocycles. The van der Waals surface area contributed by atoms with Crippen LogP contribution in [0.3, 0.4) is 0 Å². The molecule has 0 aromatic rings. The van der Waals surface area contributed by atoms with Crippen molar-refractivity contribution in [3.63, 3.8) is 0 Å². The smallest absolute Gasteiger partial charge is 0.326 e. The van der Waals surface area contributed by atoms with Gasteiger partial charge in [0.25, 0.3) is 0 Å². The topological polar surface area (TPSA) is 78.6 Å². The number of ether oxygens (including phenoxy) is 2. The van der Waals surface area contributed by atoms with Crippen molar-refractivity contribution in [2.24, 2.45) is 11.1 Å². The molecule has 0 radical (unpaired) electrons. The Morgan fingerprint density at radius 1 is 1.35 bits per heavy atom. The van der Waals surface area contributed by atoms with Crippen LogP contribution >= 0.6 is 0 Å². The third-order valence-corrected chi connectivity index (χ3v) is 2.87. The fourth-order valence-electron chi connectivity index (χ4n) is 1.79. The van der Waals surface area contributed by atoms with Gasteiger partial charge in [0, 0.05) is 0 Å². The van der Waals surface area contributed by atoms with E-state index in [4.69, 9.17) is 10.5 Å². The fraction of sp³-hybridized carbons (Fsp3) is 0.667. The Bertz CT molecular complexity index is 371. The maximum absolute atomic E-state index is 12.1. The van der Waals surface area contributed by atoms with Crippen LogP contribution in [-0.4, -0.2) is 30.2 Å². The maximum atomic E-state index is 12.1. The first-order valence-corrected chi connectivity index (χ1v) is 5.37. The van der Waals surface area contributed by atoms with E-state index >= 15 is 0 Å². The van der Waals surface area contributed by atoms with E-state index in [2.05, 4.69) is 11.3 Å². The third-order valence-electron chi connectivity index (χ3n) is 2.87. The van der Waals surface area contributed by atoms with Crippen molar-refractivity contribution in [3.8, 4) is 0 Å². The van der Waals surface area contributed by atoms with Gasteiger partial charge in [-0.15, -0.1) is 6.58 Å². The molecule has 0 spiro atoms. The van der Waals surface area contributed by atoms with Crippen LogP contribution in [0.25, 0.3) is 0 Å². The SMILES string of the molecule is C=C[C@@]1(N)C[C@@]1(C(=O)OC)C(=O)OC(C)(C)C. The summed E-state index contributed by atoms with van der Waals surface area (Å²) in [5.74, 6) is -1.33. The molecule has 0 heterocycles. The van der Waals surface area contributed by atoms with E-state index in [1.165, 1.54) is 13.2 Å². The number of esters is 2. The van der Waals surface area contributed by atoms with Crippen LogP contribution in [0.2, 0.25) is 0 Å². The van der Waals surface area contributed by atoms with Crippen molar-refractivity contribution in [2.45, 2.75) is 38.3 Å². The molecule has 17 heavy (non-hydrogen) atoms. The van der Waals surface area contributed by atoms with Crippen molar-refractivity contribution < 1.29 is 19.1 Å². The summed E-state index contributed by atoms with van der Waals surface area (Å²) in [6.07, 6.45) is 1.57. The zero-order valence-electron chi connectivity index (χ0n) is 10.7. The molecule has 0 aliphatic heterocycles. The van der Waals surface area contributed by atoms with Crippen LogP contribution in [-0.2, 0) is 19.1 Å². The molecule has 1 aliphatic rings. The van der Waals surface area contributed by atoms with Gasteiger partial charge >= 0.3 is 11.9 Å². The molecule has 0 bridgehead atoms. The lowest BCUT2D eigenvalue weighted by Crippen LogP contribution is -2.43. The summed E-state index contributed by atoms with van der Waals surface area (Å²) >= 11 is 0. The molecule has 5 nitrogen and oxygen atoms in total. The monoisotopic (exact) mass is 241 g/mol. The summed E-state index contributed by atoms with van der Waals surface area (Å²) in [5.41, 5.74) is 2.72. The second kappa shape index (κ2) is 3.84. The van der Waals surface area contributed by atoms with E-state index in [9.17, 15) is 9.59 Å². The Hall–Kier alpha value is -1.36. The summed E-state index contributed by atoms with van der Waals surface area (Å²) < 4.78 is 9.86. The normalized spacial score (nSPS) is 31.6. The largest absolute Gasteiger partial charge is 0.468 e. The number of hydrogen-bond acceptors (Lipinski definition) is 5. The fourth-order valence-corrected chi connectivity index (χ4v) is 1.79. The number of rotatable bonds is 3. The minimum absolute atomic E-state index is 0.172. The van der Waals surface area contributed by atoms with Crippen LogP contribution < -0.4 is 5.73 Å². The number of nitrogens with two attached hydrogens (primary N) is 1. The first kappa shape index (κ1) is 13.7. The van der Waals surface area contributed by atoms with Crippen LogP contribution in [0.5, 0.6) is 0 Å². The van der Waals surface area contributed by atoms with Crippen LogP contribution in [0.15, 0.2) is 12.7 Å². The van der Waals surface area contributed by atoms with E-state index in [0.717, 1.165) is 0 Å². The van der Waals surface area contributed by atoms with Crippen molar-refractivity contribution in [2.75, 3.05) is 7.11 Å². The highest BCUT2D eigenvalue weighted by Gasteiger charge is 2.76. The lowest BCUT2D eigenvalue weighted by atomic mass is 9.99. The molecule has 1 rings (SSSR count). The summed E-state index contributed by atoms with van der Waals surface area (Å²) in [6.45, 7) is 8.72. The average molecular weight is 241 g/mol. The highest BCUT2D eigenvalue weighted by atomic mass is 16.6. The molecule has 0 aromatic carbocycles. The van der Waals surface area contributed by atoms with Crippen LogP contribution in [0.4, 0.5) is 0 Å². The average Bonchev–Trinajstić information content (AvgIpc) is 2.84. The molecule has 0 unspecified atom stereocenters. The third kappa shape index (κ3) is 2.07. The highest BCUT2D eigenvalue weighted by Crippen LogP contribution is 2.57. The molecule has 2 N–H and O–H groups in total. The molecule has 0 saturated heterocycles. The Balaban J connectivity index is 3.01. The van der Waals surface area contributed by atoms with Gasteiger partial charge < -0.3 is 15.2 Å². The van der Waals surface area contributed by atoms with E-state index in [1.54, 1.807) is 20.8 Å².